The topological polar surface area (TPSA) is 94.5 Å². The van der Waals surface area contributed by atoms with Crippen molar-refractivity contribution in [2.45, 2.75) is 0 Å². The molecule has 0 aromatic carbocycles. The first kappa shape index (κ1) is 141. The molecule has 0 aliphatic carbocycles. The van der Waals surface area contributed by atoms with Crippen molar-refractivity contribution in [2.75, 3.05) is 0 Å². The van der Waals surface area contributed by atoms with Gasteiger partial charge in [0.2, 0.25) is 0 Å². The molecule has 0 saturated carbocycles. The SMILES string of the molecule is Br.Br.Br.O.O.O.[Ti]. The molecule has 7 heavy (non-hydrogen) atoms. The van der Waals surface area contributed by atoms with Gasteiger partial charge in [-0.15, -0.1) is 50.9 Å². The number of rotatable bonds is 0. The van der Waals surface area contributed by atoms with Gasteiger partial charge in [0, 0.05) is 21.7 Å². The van der Waals surface area contributed by atoms with Crippen molar-refractivity contribution >= 4 is 50.9 Å². The molecule has 0 aromatic heterocycles. The standard InChI is InChI=1S/3BrH.3H2O.Ti/h3*1H;3*1H2;. The summed E-state index contributed by atoms with van der Waals surface area (Å²) in [6, 6.07) is 0. The third kappa shape index (κ3) is 70.7. The summed E-state index contributed by atoms with van der Waals surface area (Å²) in [7, 11) is 0. The molecule has 3 nitrogen and oxygen atoms in total. The van der Waals surface area contributed by atoms with Gasteiger partial charge in [-0.3, -0.25) is 0 Å². The molecule has 0 bridgehead atoms. The maximum absolute atomic E-state index is 0. The van der Waals surface area contributed by atoms with E-state index >= 15 is 0 Å². The molecule has 6 N–H and O–H groups in total. The Bertz CT molecular complexity index is 10.1. The Hall–Kier alpha value is 2.03. The second-order valence-electron chi connectivity index (χ2n) is 0. The second-order valence-corrected chi connectivity index (χ2v) is 0. The van der Waals surface area contributed by atoms with Crippen LogP contribution >= 0.6 is 50.9 Å². The van der Waals surface area contributed by atoms with E-state index in [1.807, 2.05) is 0 Å². The molecule has 0 amide bonds. The minimum atomic E-state index is 0. The van der Waals surface area contributed by atoms with Gasteiger partial charge in [-0.25, -0.2) is 0 Å². The van der Waals surface area contributed by atoms with Gasteiger partial charge in [-0.05, 0) is 0 Å². The maximum atomic E-state index is 0. The monoisotopic (exact) mass is 342 g/mol. The zero-order valence-electron chi connectivity index (χ0n) is 3.22. The molecule has 0 aromatic rings. The minimum absolute atomic E-state index is 0. The van der Waals surface area contributed by atoms with E-state index in [1.54, 1.807) is 0 Å². The summed E-state index contributed by atoms with van der Waals surface area (Å²) >= 11 is 0. The molecular formula is H9Br3O3Ti. The number of halogens is 3. The average Bonchev–Trinajstić information content (AvgIpc) is 0. The van der Waals surface area contributed by atoms with Crippen LogP contribution in [0.3, 0.4) is 0 Å². The van der Waals surface area contributed by atoms with Crippen LogP contribution in [0.15, 0.2) is 0 Å². The van der Waals surface area contributed by atoms with Crippen molar-refractivity contribution in [1.29, 1.82) is 0 Å². The van der Waals surface area contributed by atoms with E-state index in [9.17, 15) is 0 Å². The summed E-state index contributed by atoms with van der Waals surface area (Å²) in [4.78, 5) is 0. The van der Waals surface area contributed by atoms with Gasteiger partial charge < -0.3 is 16.4 Å². The molecule has 0 saturated heterocycles. The number of hydrogen-bond donors (Lipinski definition) is 0. The van der Waals surface area contributed by atoms with E-state index in [4.69, 9.17) is 0 Å². The molecule has 0 heterocycles. The van der Waals surface area contributed by atoms with Crippen molar-refractivity contribution < 1.29 is 38.1 Å². The molecule has 0 aliphatic heterocycles. The predicted molar refractivity (Wildman–Crippen MR) is 41.8 cm³/mol. The minimum Gasteiger partial charge on any atom is -0.412 e. The van der Waals surface area contributed by atoms with Crippen LogP contribution in [0.25, 0.3) is 0 Å². The molecule has 0 unspecified atom stereocenters. The quantitative estimate of drug-likeness (QED) is 0.517. The van der Waals surface area contributed by atoms with Gasteiger partial charge >= 0.3 is 0 Å². The second kappa shape index (κ2) is 96.1. The molecule has 7 heteroatoms. The van der Waals surface area contributed by atoms with Gasteiger partial charge in [-0.1, -0.05) is 0 Å². The Labute approximate surface area is 88.4 Å². The molecular weight excluding hydrogens is 336 g/mol. The molecule has 0 atom stereocenters. The van der Waals surface area contributed by atoms with Crippen molar-refractivity contribution in [3.63, 3.8) is 0 Å². The summed E-state index contributed by atoms with van der Waals surface area (Å²) in [5.41, 5.74) is 0. The largest absolute Gasteiger partial charge is 0.412 e. The Balaban J connectivity index is 0. The Kier molecular flexibility index (Phi) is 1930. The van der Waals surface area contributed by atoms with Crippen molar-refractivity contribution in [2.24, 2.45) is 0 Å². The predicted octanol–water partition coefficient (Wildman–Crippen LogP) is -0.743. The van der Waals surface area contributed by atoms with Gasteiger partial charge in [0.15, 0.2) is 0 Å². The summed E-state index contributed by atoms with van der Waals surface area (Å²) in [5.74, 6) is 0. The van der Waals surface area contributed by atoms with Crippen LogP contribution in [-0.2, 0) is 21.7 Å². The first-order valence-electron chi connectivity index (χ1n) is 0. The van der Waals surface area contributed by atoms with Gasteiger partial charge in [0.1, 0.15) is 0 Å². The fraction of sp³-hybridized carbons (Fsp3) is 0. The van der Waals surface area contributed by atoms with Crippen LogP contribution in [0.2, 0.25) is 0 Å². The Morgan fingerprint density at radius 2 is 0.429 bits per heavy atom. The average molecular weight is 345 g/mol. The van der Waals surface area contributed by atoms with Crippen LogP contribution in [0, 0.1) is 0 Å². The number of hydrogen-bond acceptors (Lipinski definition) is 0. The molecule has 0 aliphatic rings. The summed E-state index contributed by atoms with van der Waals surface area (Å²) in [6.45, 7) is 0. The van der Waals surface area contributed by atoms with E-state index in [-0.39, 0.29) is 89.1 Å². The van der Waals surface area contributed by atoms with Gasteiger partial charge in [0.05, 0.1) is 0 Å². The first-order valence-corrected chi connectivity index (χ1v) is 0. The van der Waals surface area contributed by atoms with Gasteiger partial charge in [0.25, 0.3) is 0 Å². The molecule has 52 valence electrons. The van der Waals surface area contributed by atoms with Crippen LogP contribution in [0.5, 0.6) is 0 Å². The molecule has 0 fully saturated rings. The Morgan fingerprint density at radius 3 is 0.429 bits per heavy atom. The van der Waals surface area contributed by atoms with E-state index in [0.29, 0.717) is 0 Å². The normalized spacial score (nSPS) is 0. The van der Waals surface area contributed by atoms with Crippen LogP contribution in [-0.4, -0.2) is 16.4 Å². The third-order valence-corrected chi connectivity index (χ3v) is 0. The van der Waals surface area contributed by atoms with E-state index < -0.39 is 0 Å². The van der Waals surface area contributed by atoms with Crippen LogP contribution < -0.4 is 0 Å². The Morgan fingerprint density at radius 1 is 0.429 bits per heavy atom. The van der Waals surface area contributed by atoms with Crippen LogP contribution in [0.1, 0.15) is 0 Å². The zero-order valence-corrected chi connectivity index (χ0v) is 9.93. The van der Waals surface area contributed by atoms with E-state index in [1.165, 1.54) is 0 Å². The first-order chi connectivity index (χ1) is 0. The molecule has 0 radical (unpaired) electrons. The zero-order chi connectivity index (χ0) is 0. The third-order valence-electron chi connectivity index (χ3n) is 0. The summed E-state index contributed by atoms with van der Waals surface area (Å²) in [6.07, 6.45) is 0. The van der Waals surface area contributed by atoms with Gasteiger partial charge in [-0.2, -0.15) is 0 Å². The molecule has 0 rings (SSSR count). The van der Waals surface area contributed by atoms with E-state index in [0.717, 1.165) is 0 Å². The van der Waals surface area contributed by atoms with Crippen LogP contribution in [0.4, 0.5) is 0 Å². The summed E-state index contributed by atoms with van der Waals surface area (Å²) in [5, 5.41) is 0. The fourth-order valence-corrected chi connectivity index (χ4v) is 0. The van der Waals surface area contributed by atoms with Crippen molar-refractivity contribution in [3.8, 4) is 0 Å². The smallest absolute Gasteiger partial charge is 0 e. The molecule has 0 spiro atoms. The van der Waals surface area contributed by atoms with Crippen molar-refractivity contribution in [3.05, 3.63) is 0 Å². The van der Waals surface area contributed by atoms with E-state index in [2.05, 4.69) is 0 Å². The summed E-state index contributed by atoms with van der Waals surface area (Å²) < 4.78 is 0. The maximum Gasteiger partial charge on any atom is 0 e. The van der Waals surface area contributed by atoms with Crippen molar-refractivity contribution in [1.82, 2.24) is 0 Å². The fourth-order valence-electron chi connectivity index (χ4n) is 0.